The molecule has 154 valence electrons. The molecule has 0 spiro atoms. The summed E-state index contributed by atoms with van der Waals surface area (Å²) in [5.41, 5.74) is 0.126. The summed E-state index contributed by atoms with van der Waals surface area (Å²) in [6, 6.07) is 10.1. The van der Waals surface area contributed by atoms with Crippen molar-refractivity contribution in [2.24, 2.45) is 0 Å². The van der Waals surface area contributed by atoms with Gasteiger partial charge in [0.05, 0.1) is 30.5 Å². The average Bonchev–Trinajstić information content (AvgIpc) is 3.45. The number of benzene rings is 1. The zero-order valence-corrected chi connectivity index (χ0v) is 15.5. The van der Waals surface area contributed by atoms with Gasteiger partial charge in [0.1, 0.15) is 5.76 Å². The summed E-state index contributed by atoms with van der Waals surface area (Å²) in [5, 5.41) is 10.8. The van der Waals surface area contributed by atoms with Crippen LogP contribution in [-0.2, 0) is 19.3 Å². The molecule has 4 aromatic rings. The number of nitrogens with one attached hydrogen (secondary N) is 1. The van der Waals surface area contributed by atoms with Crippen molar-refractivity contribution in [1.29, 1.82) is 0 Å². The zero-order chi connectivity index (χ0) is 21.1. The van der Waals surface area contributed by atoms with Gasteiger partial charge in [-0.1, -0.05) is 12.1 Å². The number of furan rings is 1. The fourth-order valence-electron chi connectivity index (χ4n) is 2.88. The van der Waals surface area contributed by atoms with Gasteiger partial charge in [-0.15, -0.1) is 0 Å². The predicted molar refractivity (Wildman–Crippen MR) is 101 cm³/mol. The van der Waals surface area contributed by atoms with E-state index in [0.717, 1.165) is 12.1 Å². The number of aromatic nitrogens is 4. The van der Waals surface area contributed by atoms with Crippen LogP contribution in [0, 0.1) is 0 Å². The molecule has 0 bridgehead atoms. The van der Waals surface area contributed by atoms with Gasteiger partial charge in [0.2, 0.25) is 0 Å². The molecule has 3 heterocycles. The lowest BCUT2D eigenvalue weighted by Crippen LogP contribution is -2.10. The van der Waals surface area contributed by atoms with Crippen LogP contribution in [0.4, 0.5) is 18.9 Å². The lowest BCUT2D eigenvalue weighted by Gasteiger charge is -2.08. The lowest BCUT2D eigenvalue weighted by atomic mass is 10.1. The second kappa shape index (κ2) is 7.90. The molecule has 0 saturated carbocycles. The van der Waals surface area contributed by atoms with E-state index in [4.69, 9.17) is 4.42 Å². The van der Waals surface area contributed by atoms with E-state index >= 15 is 0 Å². The van der Waals surface area contributed by atoms with Crippen LogP contribution in [0.5, 0.6) is 0 Å². The Morgan fingerprint density at radius 2 is 1.93 bits per heavy atom. The number of halogens is 3. The van der Waals surface area contributed by atoms with E-state index in [2.05, 4.69) is 15.5 Å². The standard InChI is InChI=1S/C20H16F3N5O2/c21-20(22,23)15-4-1-3-14(9-15)11-28-12-16(10-25-28)26-19(29)18-6-5-17(30-18)13-27-8-2-7-24-27/h1-10,12H,11,13H2,(H,26,29). The fourth-order valence-corrected chi connectivity index (χ4v) is 2.88. The molecule has 0 unspecified atom stereocenters. The molecule has 0 atom stereocenters. The highest BCUT2D eigenvalue weighted by atomic mass is 19.4. The van der Waals surface area contributed by atoms with E-state index in [1.807, 2.05) is 0 Å². The quantitative estimate of drug-likeness (QED) is 0.516. The Bertz CT molecular complexity index is 1150. The molecule has 1 amide bonds. The number of rotatable bonds is 6. The molecular weight excluding hydrogens is 399 g/mol. The van der Waals surface area contributed by atoms with Crippen molar-refractivity contribution in [3.05, 3.63) is 89.9 Å². The van der Waals surface area contributed by atoms with Gasteiger partial charge in [0.15, 0.2) is 5.76 Å². The Morgan fingerprint density at radius 1 is 1.07 bits per heavy atom. The summed E-state index contributed by atoms with van der Waals surface area (Å²) in [6.45, 7) is 0.532. The van der Waals surface area contributed by atoms with Crippen LogP contribution in [0.3, 0.4) is 0 Å². The highest BCUT2D eigenvalue weighted by Crippen LogP contribution is 2.29. The number of carbonyl (C=O) groups excluding carboxylic acids is 1. The molecule has 0 aliphatic carbocycles. The summed E-state index contributed by atoms with van der Waals surface area (Å²) in [6.07, 6.45) is 1.97. The molecule has 7 nitrogen and oxygen atoms in total. The number of carbonyl (C=O) groups is 1. The Kier molecular flexibility index (Phi) is 5.13. The van der Waals surface area contributed by atoms with Gasteiger partial charge in [-0.3, -0.25) is 14.2 Å². The molecular formula is C20H16F3N5O2. The Labute approximate surface area is 168 Å². The average molecular weight is 415 g/mol. The highest BCUT2D eigenvalue weighted by Gasteiger charge is 2.30. The highest BCUT2D eigenvalue weighted by molar-refractivity contribution is 6.02. The van der Waals surface area contributed by atoms with E-state index in [-0.39, 0.29) is 12.3 Å². The van der Waals surface area contributed by atoms with Gasteiger partial charge in [-0.05, 0) is 35.9 Å². The maximum atomic E-state index is 12.8. The second-order valence-electron chi connectivity index (χ2n) is 6.55. The fraction of sp³-hybridized carbons (Fsp3) is 0.150. The third kappa shape index (κ3) is 4.59. The van der Waals surface area contributed by atoms with Crippen molar-refractivity contribution in [2.75, 3.05) is 5.32 Å². The summed E-state index contributed by atoms with van der Waals surface area (Å²) >= 11 is 0. The minimum absolute atomic E-state index is 0.128. The molecule has 4 rings (SSSR count). The van der Waals surface area contributed by atoms with Crippen LogP contribution < -0.4 is 5.32 Å². The van der Waals surface area contributed by atoms with E-state index in [0.29, 0.717) is 23.6 Å². The topological polar surface area (TPSA) is 77.9 Å². The van der Waals surface area contributed by atoms with E-state index < -0.39 is 17.6 Å². The van der Waals surface area contributed by atoms with Crippen molar-refractivity contribution in [3.63, 3.8) is 0 Å². The van der Waals surface area contributed by atoms with Crippen molar-refractivity contribution < 1.29 is 22.4 Å². The molecule has 3 aromatic heterocycles. The smallest absolute Gasteiger partial charge is 0.416 e. The zero-order valence-electron chi connectivity index (χ0n) is 15.5. The summed E-state index contributed by atoms with van der Waals surface area (Å²) < 4.78 is 47.2. The predicted octanol–water partition coefficient (Wildman–Crippen LogP) is 4.04. The third-order valence-electron chi connectivity index (χ3n) is 4.25. The summed E-state index contributed by atoms with van der Waals surface area (Å²) in [4.78, 5) is 12.4. The van der Waals surface area contributed by atoms with Crippen LogP contribution in [0.25, 0.3) is 0 Å². The number of hydrogen-bond acceptors (Lipinski definition) is 4. The molecule has 10 heteroatoms. The van der Waals surface area contributed by atoms with Gasteiger partial charge >= 0.3 is 6.18 Å². The molecule has 0 aliphatic heterocycles. The molecule has 1 N–H and O–H groups in total. The SMILES string of the molecule is O=C(Nc1cnn(Cc2cccc(C(F)(F)F)c2)c1)c1ccc(Cn2cccn2)o1. The van der Waals surface area contributed by atoms with E-state index in [1.165, 1.54) is 23.1 Å². The number of alkyl halides is 3. The number of amides is 1. The van der Waals surface area contributed by atoms with Crippen LogP contribution >= 0.6 is 0 Å². The summed E-state index contributed by atoms with van der Waals surface area (Å²) in [7, 11) is 0. The van der Waals surface area contributed by atoms with Crippen LogP contribution in [0.1, 0.15) is 27.4 Å². The first-order chi connectivity index (χ1) is 14.4. The van der Waals surface area contributed by atoms with E-state index in [1.54, 1.807) is 41.3 Å². The maximum Gasteiger partial charge on any atom is 0.416 e. The van der Waals surface area contributed by atoms with E-state index in [9.17, 15) is 18.0 Å². The first-order valence-corrected chi connectivity index (χ1v) is 8.93. The second-order valence-corrected chi connectivity index (χ2v) is 6.55. The summed E-state index contributed by atoms with van der Waals surface area (Å²) in [5.74, 6) is 0.243. The molecule has 0 saturated heterocycles. The number of nitrogens with zero attached hydrogens (tertiary/aromatic N) is 4. The first-order valence-electron chi connectivity index (χ1n) is 8.93. The molecule has 1 aromatic carbocycles. The minimum atomic E-state index is -4.40. The first kappa shape index (κ1) is 19.5. The Morgan fingerprint density at radius 3 is 2.70 bits per heavy atom. The Hall–Kier alpha value is -3.82. The van der Waals surface area contributed by atoms with Crippen molar-refractivity contribution in [1.82, 2.24) is 19.6 Å². The van der Waals surface area contributed by atoms with Crippen molar-refractivity contribution >= 4 is 11.6 Å². The van der Waals surface area contributed by atoms with Gasteiger partial charge in [0, 0.05) is 18.6 Å². The normalized spacial score (nSPS) is 11.6. The van der Waals surface area contributed by atoms with Crippen LogP contribution in [0.2, 0.25) is 0 Å². The van der Waals surface area contributed by atoms with Gasteiger partial charge in [-0.2, -0.15) is 23.4 Å². The largest absolute Gasteiger partial charge is 0.454 e. The van der Waals surface area contributed by atoms with Crippen LogP contribution in [-0.4, -0.2) is 25.5 Å². The molecule has 0 aliphatic rings. The minimum Gasteiger partial charge on any atom is -0.454 e. The van der Waals surface area contributed by atoms with Crippen molar-refractivity contribution in [3.8, 4) is 0 Å². The lowest BCUT2D eigenvalue weighted by molar-refractivity contribution is -0.137. The monoisotopic (exact) mass is 415 g/mol. The molecule has 30 heavy (non-hydrogen) atoms. The Balaban J connectivity index is 1.39. The van der Waals surface area contributed by atoms with Crippen LogP contribution in [0.15, 0.2) is 71.7 Å². The molecule has 0 radical (unpaired) electrons. The maximum absolute atomic E-state index is 12.8. The van der Waals surface area contributed by atoms with Gasteiger partial charge < -0.3 is 9.73 Å². The third-order valence-corrected chi connectivity index (χ3v) is 4.25. The number of anilines is 1. The van der Waals surface area contributed by atoms with Gasteiger partial charge in [0.25, 0.3) is 5.91 Å². The molecule has 0 fully saturated rings. The van der Waals surface area contributed by atoms with Crippen molar-refractivity contribution in [2.45, 2.75) is 19.3 Å². The van der Waals surface area contributed by atoms with Gasteiger partial charge in [-0.25, -0.2) is 0 Å². The number of hydrogen-bond donors (Lipinski definition) is 1.